The minimum Gasteiger partial charge on any atom is -0.508 e. The maximum atomic E-state index is 11.0. The molecule has 0 spiro atoms. The number of nitrogens with zero attached hydrogens (tertiary/aromatic N) is 1. The Bertz CT molecular complexity index is 402. The molecule has 0 saturated heterocycles. The molecule has 0 aliphatic carbocycles. The first-order valence-electron chi connectivity index (χ1n) is 6.75. The average Bonchev–Trinajstić information content (AvgIpc) is 2.40. The molecule has 4 heteroatoms. The highest BCUT2D eigenvalue weighted by Crippen LogP contribution is 2.26. The number of phenols is 1. The van der Waals surface area contributed by atoms with Crippen molar-refractivity contribution in [2.45, 2.75) is 33.2 Å². The molecule has 0 heterocycles. The molecule has 0 aliphatic heterocycles. The fourth-order valence-electron chi connectivity index (χ4n) is 2.31. The summed E-state index contributed by atoms with van der Waals surface area (Å²) in [5.74, 6) is -0.898. The number of carboxylic acids is 1. The van der Waals surface area contributed by atoms with E-state index in [9.17, 15) is 9.90 Å². The van der Waals surface area contributed by atoms with Gasteiger partial charge in [0.15, 0.2) is 0 Å². The van der Waals surface area contributed by atoms with Gasteiger partial charge in [0.05, 0.1) is 5.92 Å². The van der Waals surface area contributed by atoms with Gasteiger partial charge >= 0.3 is 5.97 Å². The van der Waals surface area contributed by atoms with E-state index in [-0.39, 0.29) is 17.7 Å². The molecular weight excluding hydrogens is 242 g/mol. The highest BCUT2D eigenvalue weighted by atomic mass is 16.4. The smallest absolute Gasteiger partial charge is 0.307 e. The number of aliphatic carboxylic acids is 1. The number of phenolic OH excluding ortho intramolecular Hbond substituents is 1. The zero-order chi connectivity index (χ0) is 14.4. The molecule has 1 rings (SSSR count). The van der Waals surface area contributed by atoms with Crippen LogP contribution in [-0.2, 0) is 4.79 Å². The fourth-order valence-corrected chi connectivity index (χ4v) is 2.31. The Morgan fingerprint density at radius 1 is 1.26 bits per heavy atom. The van der Waals surface area contributed by atoms with Crippen LogP contribution in [-0.4, -0.2) is 34.2 Å². The predicted octanol–water partition coefficient (Wildman–Crippen LogP) is 2.89. The van der Waals surface area contributed by atoms with Gasteiger partial charge in [-0.15, -0.1) is 0 Å². The molecule has 2 unspecified atom stereocenters. The Balaban J connectivity index is 2.86. The van der Waals surface area contributed by atoms with Gasteiger partial charge in [0, 0.05) is 12.6 Å². The van der Waals surface area contributed by atoms with Crippen molar-refractivity contribution in [3.63, 3.8) is 0 Å². The fraction of sp³-hybridized carbons (Fsp3) is 0.533. The molecule has 4 nitrogen and oxygen atoms in total. The summed E-state index contributed by atoms with van der Waals surface area (Å²) < 4.78 is 0. The summed E-state index contributed by atoms with van der Waals surface area (Å²) in [7, 11) is 0. The molecule has 0 radical (unpaired) electrons. The second kappa shape index (κ2) is 7.14. The normalized spacial score (nSPS) is 14.3. The van der Waals surface area contributed by atoms with Gasteiger partial charge in [0.2, 0.25) is 0 Å². The lowest BCUT2D eigenvalue weighted by molar-refractivity contribution is -0.141. The van der Waals surface area contributed by atoms with Crippen molar-refractivity contribution in [3.05, 3.63) is 29.8 Å². The van der Waals surface area contributed by atoms with Crippen molar-refractivity contribution in [2.75, 3.05) is 13.1 Å². The van der Waals surface area contributed by atoms with Gasteiger partial charge < -0.3 is 10.2 Å². The van der Waals surface area contributed by atoms with Crippen LogP contribution in [0.15, 0.2) is 24.3 Å². The van der Waals surface area contributed by atoms with E-state index in [1.54, 1.807) is 19.1 Å². The highest BCUT2D eigenvalue weighted by molar-refractivity contribution is 5.69. The number of aromatic hydroxyl groups is 1. The maximum Gasteiger partial charge on any atom is 0.307 e. The first kappa shape index (κ1) is 15.5. The number of carboxylic acid groups (broad SMARTS) is 1. The van der Waals surface area contributed by atoms with Crippen molar-refractivity contribution in [3.8, 4) is 5.75 Å². The van der Waals surface area contributed by atoms with E-state index < -0.39 is 5.97 Å². The topological polar surface area (TPSA) is 60.8 Å². The minimum absolute atomic E-state index is 0.187. The second-order valence-corrected chi connectivity index (χ2v) is 4.84. The quantitative estimate of drug-likeness (QED) is 0.796. The van der Waals surface area contributed by atoms with Crippen LogP contribution in [0.25, 0.3) is 0 Å². The van der Waals surface area contributed by atoms with Crippen LogP contribution in [0.5, 0.6) is 5.75 Å². The van der Waals surface area contributed by atoms with Gasteiger partial charge in [-0.2, -0.15) is 0 Å². The SMILES string of the molecule is CCC(c1ccc(O)cc1)N(CC)CC(C)C(=O)O. The molecule has 106 valence electrons. The van der Waals surface area contributed by atoms with Gasteiger partial charge in [-0.1, -0.05) is 32.9 Å². The molecule has 1 aromatic rings. The van der Waals surface area contributed by atoms with Gasteiger partial charge in [-0.3, -0.25) is 9.69 Å². The molecule has 2 atom stereocenters. The van der Waals surface area contributed by atoms with Crippen molar-refractivity contribution < 1.29 is 15.0 Å². The Kier molecular flexibility index (Phi) is 5.83. The van der Waals surface area contributed by atoms with Gasteiger partial charge in [-0.05, 0) is 30.7 Å². The van der Waals surface area contributed by atoms with Crippen molar-refractivity contribution in [1.82, 2.24) is 4.90 Å². The summed E-state index contributed by atoms with van der Waals surface area (Å²) in [4.78, 5) is 13.2. The van der Waals surface area contributed by atoms with Crippen molar-refractivity contribution in [2.24, 2.45) is 5.92 Å². The van der Waals surface area contributed by atoms with Gasteiger partial charge in [0.25, 0.3) is 0 Å². The van der Waals surface area contributed by atoms with Crippen molar-refractivity contribution >= 4 is 5.97 Å². The molecular formula is C15H23NO3. The van der Waals surface area contributed by atoms with Crippen LogP contribution in [0.1, 0.15) is 38.8 Å². The second-order valence-electron chi connectivity index (χ2n) is 4.84. The Morgan fingerprint density at radius 3 is 2.26 bits per heavy atom. The third-order valence-corrected chi connectivity index (χ3v) is 3.44. The molecule has 0 bridgehead atoms. The van der Waals surface area contributed by atoms with Crippen molar-refractivity contribution in [1.29, 1.82) is 0 Å². The first-order chi connectivity index (χ1) is 8.99. The molecule has 0 aromatic heterocycles. The van der Waals surface area contributed by atoms with Crippen LogP contribution >= 0.6 is 0 Å². The van der Waals surface area contributed by atoms with E-state index >= 15 is 0 Å². The Hall–Kier alpha value is -1.55. The Morgan fingerprint density at radius 2 is 1.84 bits per heavy atom. The molecule has 0 aliphatic rings. The average molecular weight is 265 g/mol. The zero-order valence-corrected chi connectivity index (χ0v) is 11.8. The molecule has 0 saturated carbocycles. The largest absolute Gasteiger partial charge is 0.508 e. The van der Waals surface area contributed by atoms with E-state index in [1.807, 2.05) is 19.1 Å². The third kappa shape index (κ3) is 4.24. The first-order valence-corrected chi connectivity index (χ1v) is 6.75. The monoisotopic (exact) mass is 265 g/mol. The third-order valence-electron chi connectivity index (χ3n) is 3.44. The van der Waals surface area contributed by atoms with E-state index in [2.05, 4.69) is 11.8 Å². The summed E-state index contributed by atoms with van der Waals surface area (Å²) in [5, 5.41) is 18.4. The van der Waals surface area contributed by atoms with Crippen LogP contribution in [0.2, 0.25) is 0 Å². The summed E-state index contributed by atoms with van der Waals surface area (Å²) in [6, 6.07) is 7.33. The molecule has 19 heavy (non-hydrogen) atoms. The van der Waals surface area contributed by atoms with E-state index in [0.717, 1.165) is 18.5 Å². The minimum atomic E-state index is -0.765. The summed E-state index contributed by atoms with van der Waals surface area (Å²) in [5.41, 5.74) is 1.11. The Labute approximate surface area is 114 Å². The zero-order valence-electron chi connectivity index (χ0n) is 11.8. The lowest BCUT2D eigenvalue weighted by Crippen LogP contribution is -2.34. The van der Waals surface area contributed by atoms with E-state index in [0.29, 0.717) is 6.54 Å². The van der Waals surface area contributed by atoms with Crippen LogP contribution < -0.4 is 0 Å². The number of hydrogen-bond acceptors (Lipinski definition) is 3. The number of rotatable bonds is 7. The summed E-state index contributed by atoms with van der Waals surface area (Å²) in [6.45, 7) is 7.19. The molecule has 0 fully saturated rings. The van der Waals surface area contributed by atoms with Crippen LogP contribution in [0.3, 0.4) is 0 Å². The summed E-state index contributed by atoms with van der Waals surface area (Å²) >= 11 is 0. The van der Waals surface area contributed by atoms with Gasteiger partial charge in [0.1, 0.15) is 5.75 Å². The molecule has 2 N–H and O–H groups in total. The van der Waals surface area contributed by atoms with Crippen LogP contribution in [0.4, 0.5) is 0 Å². The highest BCUT2D eigenvalue weighted by Gasteiger charge is 2.22. The maximum absolute atomic E-state index is 11.0. The lowest BCUT2D eigenvalue weighted by atomic mass is 10.0. The summed E-state index contributed by atoms with van der Waals surface area (Å²) in [6.07, 6.45) is 0.908. The number of carbonyl (C=O) groups is 1. The lowest BCUT2D eigenvalue weighted by Gasteiger charge is -2.31. The predicted molar refractivity (Wildman–Crippen MR) is 75.2 cm³/mol. The standard InChI is InChI=1S/C15H23NO3/c1-4-14(12-6-8-13(17)9-7-12)16(5-2)10-11(3)15(18)19/h6-9,11,14,17H,4-5,10H2,1-3H3,(H,18,19). The van der Waals surface area contributed by atoms with Gasteiger partial charge in [-0.25, -0.2) is 0 Å². The number of benzene rings is 1. The van der Waals surface area contributed by atoms with Crippen LogP contribution in [0, 0.1) is 5.92 Å². The van der Waals surface area contributed by atoms with E-state index in [1.165, 1.54) is 0 Å². The molecule has 0 amide bonds. The molecule has 1 aromatic carbocycles. The number of hydrogen-bond donors (Lipinski definition) is 2. The van der Waals surface area contributed by atoms with E-state index in [4.69, 9.17) is 5.11 Å².